The summed E-state index contributed by atoms with van der Waals surface area (Å²) in [4.78, 5) is 20.7. The van der Waals surface area contributed by atoms with Gasteiger partial charge in [0.25, 0.3) is 0 Å². The number of aromatic amines is 1. The first kappa shape index (κ1) is 16.7. The highest BCUT2D eigenvalue weighted by atomic mass is 32.2. The highest BCUT2D eigenvalue weighted by Crippen LogP contribution is 2.24. The fourth-order valence-corrected chi connectivity index (χ4v) is 3.54. The average molecular weight is 361 g/mol. The molecule has 0 aliphatic carbocycles. The Morgan fingerprint density at radius 1 is 1.38 bits per heavy atom. The lowest BCUT2D eigenvalue weighted by Gasteiger charge is -2.09. The summed E-state index contributed by atoms with van der Waals surface area (Å²) in [5.74, 6) is -0.308. The van der Waals surface area contributed by atoms with E-state index in [9.17, 15) is 9.18 Å². The maximum atomic E-state index is 13.0. The topological polar surface area (TPSA) is 57.8 Å². The predicted octanol–water partition coefficient (Wildman–Crippen LogP) is 4.07. The van der Waals surface area contributed by atoms with Gasteiger partial charge >= 0.3 is 0 Å². The summed E-state index contributed by atoms with van der Waals surface area (Å²) in [5, 5.41) is 5.30. The van der Waals surface area contributed by atoms with Gasteiger partial charge in [-0.2, -0.15) is 0 Å². The van der Waals surface area contributed by atoms with Gasteiger partial charge in [0, 0.05) is 4.88 Å². The minimum Gasteiger partial charge on any atom is -0.350 e. The number of nitrogens with zero attached hydrogens (tertiary/aromatic N) is 1. The molecule has 1 amide bonds. The SMILES string of the molecule is CC(Sc1ncc(-c2ccc(F)cc2)[nH]1)C(=O)NCc1cccs1. The van der Waals surface area contributed by atoms with E-state index in [-0.39, 0.29) is 17.0 Å². The molecule has 2 aromatic heterocycles. The van der Waals surface area contributed by atoms with Crippen molar-refractivity contribution < 1.29 is 9.18 Å². The molecule has 3 aromatic rings. The molecule has 0 spiro atoms. The van der Waals surface area contributed by atoms with Gasteiger partial charge < -0.3 is 10.3 Å². The second kappa shape index (κ2) is 7.63. The molecule has 0 aliphatic rings. The van der Waals surface area contributed by atoms with Gasteiger partial charge in [0.2, 0.25) is 5.91 Å². The van der Waals surface area contributed by atoms with E-state index in [0.29, 0.717) is 11.7 Å². The summed E-state index contributed by atoms with van der Waals surface area (Å²) in [5.41, 5.74) is 1.65. The standard InChI is InChI=1S/C17H16FN3OS2/c1-11(16(22)19-9-14-3-2-8-23-14)24-17-20-10-15(21-17)12-4-6-13(18)7-5-12/h2-8,10-11H,9H2,1H3,(H,19,22)(H,20,21). The zero-order chi connectivity index (χ0) is 16.9. The van der Waals surface area contributed by atoms with Gasteiger partial charge in [0.05, 0.1) is 23.7 Å². The van der Waals surface area contributed by atoms with Gasteiger partial charge in [-0.15, -0.1) is 11.3 Å². The molecule has 0 aliphatic heterocycles. The van der Waals surface area contributed by atoms with Crippen molar-refractivity contribution in [1.29, 1.82) is 0 Å². The quantitative estimate of drug-likeness (QED) is 0.651. The Morgan fingerprint density at radius 3 is 2.88 bits per heavy atom. The molecule has 1 unspecified atom stereocenters. The molecule has 7 heteroatoms. The second-order valence-corrected chi connectivity index (χ2v) is 7.53. The van der Waals surface area contributed by atoms with Crippen molar-refractivity contribution in [3.05, 3.63) is 58.7 Å². The van der Waals surface area contributed by atoms with E-state index in [1.165, 1.54) is 23.9 Å². The van der Waals surface area contributed by atoms with Gasteiger partial charge in [-0.05, 0) is 48.2 Å². The van der Waals surface area contributed by atoms with Crippen LogP contribution in [-0.2, 0) is 11.3 Å². The third kappa shape index (κ3) is 4.24. The molecule has 0 fully saturated rings. The number of thioether (sulfide) groups is 1. The van der Waals surface area contributed by atoms with Crippen molar-refractivity contribution >= 4 is 29.0 Å². The second-order valence-electron chi connectivity index (χ2n) is 5.17. The van der Waals surface area contributed by atoms with Crippen molar-refractivity contribution in [1.82, 2.24) is 15.3 Å². The normalized spacial score (nSPS) is 12.1. The largest absolute Gasteiger partial charge is 0.350 e. The number of thiophene rings is 1. The van der Waals surface area contributed by atoms with Crippen LogP contribution in [-0.4, -0.2) is 21.1 Å². The molecule has 2 N–H and O–H groups in total. The predicted molar refractivity (Wildman–Crippen MR) is 95.5 cm³/mol. The van der Waals surface area contributed by atoms with Crippen LogP contribution in [0.25, 0.3) is 11.3 Å². The van der Waals surface area contributed by atoms with Crippen LogP contribution in [0.4, 0.5) is 4.39 Å². The Balaban J connectivity index is 1.57. The molecule has 3 rings (SSSR count). The van der Waals surface area contributed by atoms with Crippen molar-refractivity contribution in [2.45, 2.75) is 23.9 Å². The van der Waals surface area contributed by atoms with Crippen LogP contribution < -0.4 is 5.32 Å². The number of rotatable bonds is 6. The molecule has 4 nitrogen and oxygen atoms in total. The molecular formula is C17H16FN3OS2. The Labute approximate surface area is 147 Å². The Morgan fingerprint density at radius 2 is 2.17 bits per heavy atom. The summed E-state index contributed by atoms with van der Waals surface area (Å²) in [6.07, 6.45) is 1.69. The van der Waals surface area contributed by atoms with E-state index in [1.54, 1.807) is 29.7 Å². The van der Waals surface area contributed by atoms with E-state index < -0.39 is 0 Å². The zero-order valence-electron chi connectivity index (χ0n) is 13.0. The van der Waals surface area contributed by atoms with Crippen LogP contribution in [0.3, 0.4) is 0 Å². The van der Waals surface area contributed by atoms with Crippen LogP contribution in [0.5, 0.6) is 0 Å². The summed E-state index contributed by atoms with van der Waals surface area (Å²) in [6.45, 7) is 2.38. The maximum absolute atomic E-state index is 13.0. The number of imidazole rings is 1. The van der Waals surface area contributed by atoms with Gasteiger partial charge in [-0.25, -0.2) is 9.37 Å². The number of aromatic nitrogens is 2. The fraction of sp³-hybridized carbons (Fsp3) is 0.176. The van der Waals surface area contributed by atoms with E-state index in [4.69, 9.17) is 0 Å². The van der Waals surface area contributed by atoms with Crippen LogP contribution in [0, 0.1) is 5.82 Å². The Bertz CT molecular complexity index is 800. The third-order valence-electron chi connectivity index (χ3n) is 3.38. The summed E-state index contributed by atoms with van der Waals surface area (Å²) in [6, 6.07) is 10.1. The first-order valence-corrected chi connectivity index (χ1v) is 9.15. The van der Waals surface area contributed by atoms with Crippen LogP contribution >= 0.6 is 23.1 Å². The number of amides is 1. The van der Waals surface area contributed by atoms with E-state index >= 15 is 0 Å². The number of carbonyl (C=O) groups excluding carboxylic acids is 1. The molecule has 0 bridgehead atoms. The molecule has 1 atom stereocenters. The number of halogens is 1. The van der Waals surface area contributed by atoms with Crippen LogP contribution in [0.15, 0.2) is 53.1 Å². The Kier molecular flexibility index (Phi) is 5.32. The zero-order valence-corrected chi connectivity index (χ0v) is 14.6. The number of benzene rings is 1. The van der Waals surface area contributed by atoms with Crippen molar-refractivity contribution in [3.8, 4) is 11.3 Å². The van der Waals surface area contributed by atoms with Crippen LogP contribution in [0.1, 0.15) is 11.8 Å². The van der Waals surface area contributed by atoms with Gasteiger partial charge in [0.1, 0.15) is 5.82 Å². The highest BCUT2D eigenvalue weighted by Gasteiger charge is 2.16. The molecular weight excluding hydrogens is 345 g/mol. The number of hydrogen-bond acceptors (Lipinski definition) is 4. The number of hydrogen-bond donors (Lipinski definition) is 2. The van der Waals surface area contributed by atoms with Crippen molar-refractivity contribution in [2.75, 3.05) is 0 Å². The smallest absolute Gasteiger partial charge is 0.233 e. The first-order chi connectivity index (χ1) is 11.6. The first-order valence-electron chi connectivity index (χ1n) is 7.39. The van der Waals surface area contributed by atoms with Gasteiger partial charge in [-0.1, -0.05) is 17.8 Å². The molecule has 2 heterocycles. The molecule has 24 heavy (non-hydrogen) atoms. The molecule has 1 aromatic carbocycles. The highest BCUT2D eigenvalue weighted by molar-refractivity contribution is 8.00. The fourth-order valence-electron chi connectivity index (χ4n) is 2.09. The van der Waals surface area contributed by atoms with E-state index in [1.807, 2.05) is 24.4 Å². The lowest BCUT2D eigenvalue weighted by Crippen LogP contribution is -2.30. The third-order valence-corrected chi connectivity index (χ3v) is 5.26. The van der Waals surface area contributed by atoms with Crippen molar-refractivity contribution in [3.63, 3.8) is 0 Å². The van der Waals surface area contributed by atoms with Crippen LogP contribution in [0.2, 0.25) is 0 Å². The van der Waals surface area contributed by atoms with Gasteiger partial charge in [0.15, 0.2) is 5.16 Å². The summed E-state index contributed by atoms with van der Waals surface area (Å²) in [7, 11) is 0. The number of nitrogens with one attached hydrogen (secondary N) is 2. The maximum Gasteiger partial charge on any atom is 0.233 e. The summed E-state index contributed by atoms with van der Waals surface area (Å²) >= 11 is 2.97. The number of carbonyl (C=O) groups is 1. The lowest BCUT2D eigenvalue weighted by molar-refractivity contribution is -0.120. The van der Waals surface area contributed by atoms with E-state index in [0.717, 1.165) is 16.1 Å². The molecule has 0 radical (unpaired) electrons. The molecule has 0 saturated heterocycles. The summed E-state index contributed by atoms with van der Waals surface area (Å²) < 4.78 is 13.0. The Hall–Kier alpha value is -2.12. The lowest BCUT2D eigenvalue weighted by atomic mass is 10.2. The van der Waals surface area contributed by atoms with Crippen molar-refractivity contribution in [2.24, 2.45) is 0 Å². The van der Waals surface area contributed by atoms with Gasteiger partial charge in [-0.3, -0.25) is 4.79 Å². The minimum absolute atomic E-state index is 0.0341. The number of H-pyrrole nitrogens is 1. The molecule has 124 valence electrons. The van der Waals surface area contributed by atoms with E-state index in [2.05, 4.69) is 15.3 Å². The minimum atomic E-state index is -0.274. The molecule has 0 saturated carbocycles. The monoisotopic (exact) mass is 361 g/mol. The average Bonchev–Trinajstić information content (AvgIpc) is 3.25.